The lowest BCUT2D eigenvalue weighted by molar-refractivity contribution is 0.411. The Hall–Kier alpha value is -1.06. The van der Waals surface area contributed by atoms with E-state index in [0.717, 1.165) is 11.3 Å². The zero-order valence-electron chi connectivity index (χ0n) is 8.35. The van der Waals surface area contributed by atoms with Gasteiger partial charge in [0.15, 0.2) is 0 Å². The SMILES string of the molecule is COc1cc(C)c(CNN)cc1C. The van der Waals surface area contributed by atoms with Crippen molar-refractivity contribution < 1.29 is 4.74 Å². The third-order valence-corrected chi connectivity index (χ3v) is 2.15. The second-order valence-corrected chi connectivity index (χ2v) is 3.13. The molecule has 0 unspecified atom stereocenters. The van der Waals surface area contributed by atoms with Crippen LogP contribution in [0.1, 0.15) is 16.7 Å². The molecule has 13 heavy (non-hydrogen) atoms. The minimum Gasteiger partial charge on any atom is -0.496 e. The Kier molecular flexibility index (Phi) is 3.28. The summed E-state index contributed by atoms with van der Waals surface area (Å²) in [5, 5.41) is 0. The molecule has 0 aliphatic rings. The van der Waals surface area contributed by atoms with Crippen molar-refractivity contribution in [1.29, 1.82) is 0 Å². The molecule has 0 atom stereocenters. The summed E-state index contributed by atoms with van der Waals surface area (Å²) < 4.78 is 5.21. The third-order valence-electron chi connectivity index (χ3n) is 2.15. The molecule has 0 aliphatic heterocycles. The molecule has 0 bridgehead atoms. The van der Waals surface area contributed by atoms with Gasteiger partial charge < -0.3 is 4.74 Å². The average Bonchev–Trinajstić information content (AvgIpc) is 2.11. The summed E-state index contributed by atoms with van der Waals surface area (Å²) in [5.41, 5.74) is 6.19. The van der Waals surface area contributed by atoms with Gasteiger partial charge in [-0.3, -0.25) is 11.3 Å². The number of aryl methyl sites for hydroxylation is 2. The monoisotopic (exact) mass is 180 g/mol. The standard InChI is InChI=1S/C10H16N2O/c1-7-5-10(13-3)8(2)4-9(7)6-12-11/h4-5,12H,6,11H2,1-3H3. The minimum atomic E-state index is 0.691. The first-order valence-corrected chi connectivity index (χ1v) is 4.26. The smallest absolute Gasteiger partial charge is 0.122 e. The first kappa shape index (κ1) is 10.0. The van der Waals surface area contributed by atoms with E-state index < -0.39 is 0 Å². The Bertz CT molecular complexity index is 297. The van der Waals surface area contributed by atoms with Crippen LogP contribution in [-0.2, 0) is 6.54 Å². The lowest BCUT2D eigenvalue weighted by atomic mass is 10.0. The molecular formula is C10H16N2O. The summed E-state index contributed by atoms with van der Waals surface area (Å²) in [6.07, 6.45) is 0. The van der Waals surface area contributed by atoms with Gasteiger partial charge in [0.25, 0.3) is 0 Å². The molecule has 0 saturated carbocycles. The Labute approximate surface area is 78.9 Å². The van der Waals surface area contributed by atoms with E-state index in [-0.39, 0.29) is 0 Å². The molecule has 0 saturated heterocycles. The van der Waals surface area contributed by atoms with E-state index in [0.29, 0.717) is 6.54 Å². The number of hydrogen-bond donors (Lipinski definition) is 2. The third kappa shape index (κ3) is 2.20. The fourth-order valence-electron chi connectivity index (χ4n) is 1.37. The Morgan fingerprint density at radius 2 is 2.00 bits per heavy atom. The van der Waals surface area contributed by atoms with Crippen LogP contribution in [0.4, 0.5) is 0 Å². The van der Waals surface area contributed by atoms with Crippen LogP contribution >= 0.6 is 0 Å². The van der Waals surface area contributed by atoms with E-state index >= 15 is 0 Å². The summed E-state index contributed by atoms with van der Waals surface area (Å²) >= 11 is 0. The lowest BCUT2D eigenvalue weighted by Gasteiger charge is -2.10. The maximum atomic E-state index is 5.27. The van der Waals surface area contributed by atoms with Crippen LogP contribution in [0.15, 0.2) is 12.1 Å². The number of benzene rings is 1. The number of hydrogen-bond acceptors (Lipinski definition) is 3. The van der Waals surface area contributed by atoms with Crippen LogP contribution in [-0.4, -0.2) is 7.11 Å². The predicted molar refractivity (Wildman–Crippen MR) is 53.5 cm³/mol. The number of nitrogens with two attached hydrogens (primary N) is 1. The minimum absolute atomic E-state index is 0.691. The van der Waals surface area contributed by atoms with Gasteiger partial charge in [-0.15, -0.1) is 0 Å². The second kappa shape index (κ2) is 4.25. The summed E-state index contributed by atoms with van der Waals surface area (Å²) in [5.74, 6) is 6.20. The molecule has 0 aliphatic carbocycles. The highest BCUT2D eigenvalue weighted by Crippen LogP contribution is 2.22. The molecule has 0 radical (unpaired) electrons. The van der Waals surface area contributed by atoms with E-state index in [2.05, 4.69) is 18.4 Å². The van der Waals surface area contributed by atoms with Gasteiger partial charge in [-0.05, 0) is 36.6 Å². The Morgan fingerprint density at radius 3 is 2.54 bits per heavy atom. The van der Waals surface area contributed by atoms with E-state index in [9.17, 15) is 0 Å². The van der Waals surface area contributed by atoms with Gasteiger partial charge in [-0.25, -0.2) is 0 Å². The average molecular weight is 180 g/mol. The van der Waals surface area contributed by atoms with Crippen molar-refractivity contribution in [2.75, 3.05) is 7.11 Å². The van der Waals surface area contributed by atoms with Crippen LogP contribution < -0.4 is 16.0 Å². The zero-order chi connectivity index (χ0) is 9.84. The molecule has 3 heteroatoms. The molecule has 0 amide bonds. The molecular weight excluding hydrogens is 164 g/mol. The van der Waals surface area contributed by atoms with Crippen molar-refractivity contribution in [2.45, 2.75) is 20.4 Å². The van der Waals surface area contributed by atoms with E-state index in [1.54, 1.807) is 7.11 Å². The normalized spacial score (nSPS) is 10.2. The maximum Gasteiger partial charge on any atom is 0.122 e. The first-order valence-electron chi connectivity index (χ1n) is 4.26. The first-order chi connectivity index (χ1) is 6.19. The molecule has 3 N–H and O–H groups in total. The van der Waals surface area contributed by atoms with Crippen LogP contribution in [0.2, 0.25) is 0 Å². The van der Waals surface area contributed by atoms with Gasteiger partial charge in [0.1, 0.15) is 5.75 Å². The zero-order valence-corrected chi connectivity index (χ0v) is 8.35. The lowest BCUT2D eigenvalue weighted by Crippen LogP contribution is -2.21. The molecule has 0 spiro atoms. The molecule has 1 rings (SSSR count). The largest absolute Gasteiger partial charge is 0.496 e. The van der Waals surface area contributed by atoms with Crippen molar-refractivity contribution >= 4 is 0 Å². The number of ether oxygens (including phenoxy) is 1. The van der Waals surface area contributed by atoms with Gasteiger partial charge in [-0.1, -0.05) is 6.07 Å². The van der Waals surface area contributed by atoms with Crippen molar-refractivity contribution in [1.82, 2.24) is 5.43 Å². The fourth-order valence-corrected chi connectivity index (χ4v) is 1.37. The summed E-state index contributed by atoms with van der Waals surface area (Å²) in [4.78, 5) is 0. The van der Waals surface area contributed by atoms with E-state index in [1.165, 1.54) is 11.1 Å². The Balaban J connectivity index is 3.05. The molecule has 72 valence electrons. The molecule has 0 aromatic heterocycles. The van der Waals surface area contributed by atoms with E-state index in [4.69, 9.17) is 10.6 Å². The fraction of sp³-hybridized carbons (Fsp3) is 0.400. The van der Waals surface area contributed by atoms with Gasteiger partial charge in [0.05, 0.1) is 7.11 Å². The summed E-state index contributed by atoms with van der Waals surface area (Å²) in [6.45, 7) is 4.77. The summed E-state index contributed by atoms with van der Waals surface area (Å²) in [7, 11) is 1.68. The van der Waals surface area contributed by atoms with Crippen LogP contribution in [0, 0.1) is 13.8 Å². The molecule has 1 aromatic carbocycles. The molecule has 1 aromatic rings. The number of methoxy groups -OCH3 is 1. The summed E-state index contributed by atoms with van der Waals surface area (Å²) in [6, 6.07) is 4.12. The molecule has 3 nitrogen and oxygen atoms in total. The molecule has 0 fully saturated rings. The van der Waals surface area contributed by atoms with Gasteiger partial charge in [0, 0.05) is 6.54 Å². The second-order valence-electron chi connectivity index (χ2n) is 3.13. The van der Waals surface area contributed by atoms with Gasteiger partial charge >= 0.3 is 0 Å². The van der Waals surface area contributed by atoms with E-state index in [1.807, 2.05) is 13.0 Å². The maximum absolute atomic E-state index is 5.27. The Morgan fingerprint density at radius 1 is 1.31 bits per heavy atom. The van der Waals surface area contributed by atoms with Crippen molar-refractivity contribution in [2.24, 2.45) is 5.84 Å². The highest BCUT2D eigenvalue weighted by Gasteiger charge is 2.03. The number of hydrazine groups is 1. The van der Waals surface area contributed by atoms with Gasteiger partial charge in [-0.2, -0.15) is 0 Å². The van der Waals surface area contributed by atoms with Crippen molar-refractivity contribution in [3.63, 3.8) is 0 Å². The number of nitrogens with one attached hydrogen (secondary N) is 1. The van der Waals surface area contributed by atoms with Crippen LogP contribution in [0.5, 0.6) is 5.75 Å². The highest BCUT2D eigenvalue weighted by molar-refractivity contribution is 5.41. The molecule has 0 heterocycles. The quantitative estimate of drug-likeness (QED) is 0.544. The van der Waals surface area contributed by atoms with Gasteiger partial charge in [0.2, 0.25) is 0 Å². The van der Waals surface area contributed by atoms with Crippen molar-refractivity contribution in [3.8, 4) is 5.75 Å². The predicted octanol–water partition coefficient (Wildman–Crippen LogP) is 1.28. The van der Waals surface area contributed by atoms with Crippen molar-refractivity contribution in [3.05, 3.63) is 28.8 Å². The van der Waals surface area contributed by atoms with Crippen LogP contribution in [0.3, 0.4) is 0 Å². The van der Waals surface area contributed by atoms with Crippen LogP contribution in [0.25, 0.3) is 0 Å². The highest BCUT2D eigenvalue weighted by atomic mass is 16.5. The number of rotatable bonds is 3. The topological polar surface area (TPSA) is 47.3 Å².